The van der Waals surface area contributed by atoms with Crippen LogP contribution >= 0.6 is 0 Å². The second-order valence-electron chi connectivity index (χ2n) is 8.84. The van der Waals surface area contributed by atoms with Gasteiger partial charge in [-0.2, -0.15) is 0 Å². The van der Waals surface area contributed by atoms with Gasteiger partial charge in [-0.15, -0.1) is 0 Å². The van der Waals surface area contributed by atoms with Gasteiger partial charge in [0.15, 0.2) is 13.1 Å². The summed E-state index contributed by atoms with van der Waals surface area (Å²) in [5, 5.41) is 19.2. The maximum Gasteiger partial charge on any atom is 0.320 e. The van der Waals surface area contributed by atoms with E-state index in [1.165, 1.54) is 14.0 Å². The monoisotopic (exact) mass is 518 g/mol. The number of hydrogen-bond donors (Lipinski definition) is 2. The van der Waals surface area contributed by atoms with E-state index in [4.69, 9.17) is 18.9 Å². The summed E-state index contributed by atoms with van der Waals surface area (Å²) in [4.78, 5) is 27.8. The molecule has 0 aliphatic heterocycles. The van der Waals surface area contributed by atoms with Gasteiger partial charge in [-0.25, -0.2) is 0 Å². The Morgan fingerprint density at radius 2 is 1.41 bits per heavy atom. The van der Waals surface area contributed by atoms with Crippen LogP contribution in [0.2, 0.25) is 0 Å². The van der Waals surface area contributed by atoms with Crippen molar-refractivity contribution in [3.8, 4) is 11.5 Å². The molecule has 0 saturated heterocycles. The van der Waals surface area contributed by atoms with E-state index in [2.05, 4.69) is 0 Å². The zero-order valence-corrected chi connectivity index (χ0v) is 22.0. The number of esters is 1. The van der Waals surface area contributed by atoms with Crippen molar-refractivity contribution in [3.05, 3.63) is 59.7 Å². The maximum atomic E-state index is 12.5. The third kappa shape index (κ3) is 11.6. The molecular weight excluding hydrogens is 480 g/mol. The van der Waals surface area contributed by atoms with Gasteiger partial charge < -0.3 is 29.2 Å². The summed E-state index contributed by atoms with van der Waals surface area (Å²) < 4.78 is 21.5. The van der Waals surface area contributed by atoms with Crippen LogP contribution in [0.25, 0.3) is 0 Å². The Labute approximate surface area is 218 Å². The largest absolute Gasteiger partial charge is 0.480 e. The number of aliphatic hydroxyl groups excluding tert-OH is 1. The lowest BCUT2D eigenvalue weighted by Gasteiger charge is -2.27. The normalized spacial score (nSPS) is 12.1. The first-order valence-electron chi connectivity index (χ1n) is 12.2. The number of carbonyl (C=O) groups excluding carboxylic acids is 1. The molecule has 1 atom stereocenters. The van der Waals surface area contributed by atoms with Gasteiger partial charge in [0.1, 0.15) is 11.5 Å². The number of ether oxygens (including phenoxy) is 4. The standard InChI is InChI=1S/C27H38N2O8/c1-20(2)36-27(33)18-29(16-23-10-6-8-12-25(23)37-21(3)30)14-13-28(17-26(31)32)15-22-9-5-7-11-24(22)35-19-34-4/h5-12,20-21,30H,13-19H2,1-4H3,(H,31,32). The van der Waals surface area contributed by atoms with Gasteiger partial charge in [-0.3, -0.25) is 19.4 Å². The molecule has 10 nitrogen and oxygen atoms in total. The van der Waals surface area contributed by atoms with Gasteiger partial charge >= 0.3 is 11.9 Å². The lowest BCUT2D eigenvalue weighted by atomic mass is 10.1. The number of carboxylic acids is 1. The second kappa shape index (κ2) is 15.8. The minimum absolute atomic E-state index is 0.00956. The van der Waals surface area contributed by atoms with Crippen LogP contribution < -0.4 is 9.47 Å². The van der Waals surface area contributed by atoms with E-state index in [0.717, 1.165) is 11.1 Å². The minimum atomic E-state index is -0.994. The van der Waals surface area contributed by atoms with E-state index >= 15 is 0 Å². The van der Waals surface area contributed by atoms with Gasteiger partial charge in [0.2, 0.25) is 0 Å². The number of rotatable bonds is 17. The molecule has 0 fully saturated rings. The zero-order chi connectivity index (χ0) is 27.2. The first-order chi connectivity index (χ1) is 17.7. The topological polar surface area (TPSA) is 118 Å². The van der Waals surface area contributed by atoms with Crippen LogP contribution in [0.5, 0.6) is 11.5 Å². The Morgan fingerprint density at radius 3 is 1.95 bits per heavy atom. The quantitative estimate of drug-likeness (QED) is 0.239. The molecule has 0 amide bonds. The predicted molar refractivity (Wildman–Crippen MR) is 137 cm³/mol. The van der Waals surface area contributed by atoms with Gasteiger partial charge in [0.25, 0.3) is 0 Å². The fourth-order valence-corrected chi connectivity index (χ4v) is 3.70. The van der Waals surface area contributed by atoms with Gasteiger partial charge in [-0.05, 0) is 32.9 Å². The fraction of sp³-hybridized carbons (Fsp3) is 0.481. The number of carboxylic acid groups (broad SMARTS) is 1. The summed E-state index contributed by atoms with van der Waals surface area (Å²) in [6, 6.07) is 14.6. The number of para-hydroxylation sites is 2. The maximum absolute atomic E-state index is 12.5. The van der Waals surface area contributed by atoms with Crippen molar-refractivity contribution >= 4 is 11.9 Å². The molecular formula is C27H38N2O8. The number of carbonyl (C=O) groups is 2. The van der Waals surface area contributed by atoms with E-state index < -0.39 is 12.3 Å². The van der Waals surface area contributed by atoms with Crippen LogP contribution in [0.4, 0.5) is 0 Å². The third-order valence-corrected chi connectivity index (χ3v) is 5.17. The van der Waals surface area contributed by atoms with E-state index in [9.17, 15) is 19.8 Å². The molecule has 2 N–H and O–H groups in total. The molecule has 204 valence electrons. The van der Waals surface area contributed by atoms with Crippen LogP contribution in [-0.2, 0) is 32.2 Å². The average Bonchev–Trinajstić information content (AvgIpc) is 2.81. The lowest BCUT2D eigenvalue weighted by molar-refractivity contribution is -0.149. The predicted octanol–water partition coefficient (Wildman–Crippen LogP) is 2.73. The first kappa shape index (κ1) is 30.0. The highest BCUT2D eigenvalue weighted by atomic mass is 16.7. The Balaban J connectivity index is 2.20. The Kier molecular flexibility index (Phi) is 12.9. The van der Waals surface area contributed by atoms with Gasteiger partial charge in [0, 0.05) is 44.4 Å². The molecule has 0 bridgehead atoms. The third-order valence-electron chi connectivity index (χ3n) is 5.17. The zero-order valence-electron chi connectivity index (χ0n) is 22.0. The number of nitrogens with zero attached hydrogens (tertiary/aromatic N) is 2. The molecule has 10 heteroatoms. The summed E-state index contributed by atoms with van der Waals surface area (Å²) in [5.41, 5.74) is 1.60. The second-order valence-corrected chi connectivity index (χ2v) is 8.84. The molecule has 1 unspecified atom stereocenters. The smallest absolute Gasteiger partial charge is 0.320 e. The molecule has 2 rings (SSSR count). The molecule has 2 aromatic carbocycles. The minimum Gasteiger partial charge on any atom is -0.480 e. The summed E-state index contributed by atoms with van der Waals surface area (Å²) >= 11 is 0. The molecule has 0 aliphatic rings. The number of aliphatic hydroxyl groups is 1. The number of hydrogen-bond acceptors (Lipinski definition) is 9. The summed E-state index contributed by atoms with van der Waals surface area (Å²) in [7, 11) is 1.53. The highest BCUT2D eigenvalue weighted by Gasteiger charge is 2.19. The number of benzene rings is 2. The van der Waals surface area contributed by atoms with E-state index in [1.54, 1.807) is 36.9 Å². The van der Waals surface area contributed by atoms with Crippen molar-refractivity contribution in [2.45, 2.75) is 46.3 Å². The van der Waals surface area contributed by atoms with E-state index in [0.29, 0.717) is 37.7 Å². The van der Waals surface area contributed by atoms with Crippen LogP contribution in [-0.4, -0.2) is 84.4 Å². The molecule has 0 spiro atoms. The van der Waals surface area contributed by atoms with Crippen molar-refractivity contribution in [2.24, 2.45) is 0 Å². The van der Waals surface area contributed by atoms with Crippen molar-refractivity contribution < 1.29 is 38.7 Å². The SMILES string of the molecule is COCOc1ccccc1CN(CCN(CC(=O)OC(C)C)Cc1ccccc1OC(C)O)CC(=O)O. The van der Waals surface area contributed by atoms with Crippen molar-refractivity contribution in [2.75, 3.05) is 40.1 Å². The van der Waals surface area contributed by atoms with Gasteiger partial charge in [-0.1, -0.05) is 36.4 Å². The highest BCUT2D eigenvalue weighted by molar-refractivity contribution is 5.72. The van der Waals surface area contributed by atoms with Crippen LogP contribution in [0.3, 0.4) is 0 Å². The molecule has 0 radical (unpaired) electrons. The molecule has 37 heavy (non-hydrogen) atoms. The molecule has 0 saturated carbocycles. The molecule has 2 aromatic rings. The van der Waals surface area contributed by atoms with Gasteiger partial charge in [0.05, 0.1) is 19.2 Å². The summed E-state index contributed by atoms with van der Waals surface area (Å²) in [6.07, 6.45) is -1.25. The van der Waals surface area contributed by atoms with Crippen LogP contribution in [0.1, 0.15) is 31.9 Å². The first-order valence-corrected chi connectivity index (χ1v) is 12.2. The fourth-order valence-electron chi connectivity index (χ4n) is 3.70. The van der Waals surface area contributed by atoms with Crippen molar-refractivity contribution in [3.63, 3.8) is 0 Å². The Bertz CT molecular complexity index is 982. The average molecular weight is 519 g/mol. The molecule has 0 heterocycles. The highest BCUT2D eigenvalue weighted by Crippen LogP contribution is 2.22. The Hall–Kier alpha value is -3.18. The number of methoxy groups -OCH3 is 1. The summed E-state index contributed by atoms with van der Waals surface area (Å²) in [5.74, 6) is -0.226. The Morgan fingerprint density at radius 1 is 0.865 bits per heavy atom. The van der Waals surface area contributed by atoms with E-state index in [1.807, 2.05) is 35.2 Å². The number of aliphatic carboxylic acids is 1. The van der Waals surface area contributed by atoms with Crippen molar-refractivity contribution in [1.29, 1.82) is 0 Å². The molecule has 0 aliphatic carbocycles. The summed E-state index contributed by atoms with van der Waals surface area (Å²) in [6.45, 7) is 6.40. The van der Waals surface area contributed by atoms with E-state index in [-0.39, 0.29) is 32.0 Å². The van der Waals surface area contributed by atoms with Crippen LogP contribution in [0, 0.1) is 0 Å². The van der Waals surface area contributed by atoms with Crippen molar-refractivity contribution in [1.82, 2.24) is 9.80 Å². The molecule has 0 aromatic heterocycles. The lowest BCUT2D eigenvalue weighted by Crippen LogP contribution is -2.40. The van der Waals surface area contributed by atoms with Crippen LogP contribution in [0.15, 0.2) is 48.5 Å².